The van der Waals surface area contributed by atoms with Gasteiger partial charge in [-0.25, -0.2) is 9.78 Å². The number of methoxy groups -OCH3 is 1. The van der Waals surface area contributed by atoms with Gasteiger partial charge in [0.05, 0.1) is 12.8 Å². The van der Waals surface area contributed by atoms with Gasteiger partial charge in [0.25, 0.3) is 0 Å². The fourth-order valence-electron chi connectivity index (χ4n) is 1.60. The Bertz CT molecular complexity index is 615. The van der Waals surface area contributed by atoms with Crippen molar-refractivity contribution in [2.24, 2.45) is 0 Å². The van der Waals surface area contributed by atoms with Gasteiger partial charge in [-0.3, -0.25) is 0 Å². The van der Waals surface area contributed by atoms with E-state index in [4.69, 9.17) is 21.4 Å². The van der Waals surface area contributed by atoms with Crippen LogP contribution in [0.2, 0.25) is 5.15 Å². The largest absolute Gasteiger partial charge is 0.511 e. The fourth-order valence-corrected chi connectivity index (χ4v) is 1.79. The van der Waals surface area contributed by atoms with Gasteiger partial charge in [-0.2, -0.15) is 0 Å². The first kappa shape index (κ1) is 13.2. The zero-order valence-electron chi connectivity index (χ0n) is 9.96. The molecule has 0 bridgehead atoms. The van der Waals surface area contributed by atoms with E-state index < -0.39 is 6.16 Å². The summed E-state index contributed by atoms with van der Waals surface area (Å²) in [6, 6.07) is 10.4. The number of nitrogens with zero attached hydrogens (tertiary/aromatic N) is 1. The van der Waals surface area contributed by atoms with Gasteiger partial charge in [0.15, 0.2) is 10.9 Å². The Morgan fingerprint density at radius 2 is 1.95 bits per heavy atom. The van der Waals surface area contributed by atoms with Crippen LogP contribution in [0, 0.1) is 0 Å². The average molecular weight is 280 g/mol. The zero-order chi connectivity index (χ0) is 13.8. The van der Waals surface area contributed by atoms with Gasteiger partial charge in [0.1, 0.15) is 5.75 Å². The molecule has 0 spiro atoms. The molecule has 2 aromatic rings. The Labute approximate surface area is 114 Å². The number of aromatic nitrogens is 1. The molecule has 0 aliphatic heterocycles. The normalized spacial score (nSPS) is 10.0. The van der Waals surface area contributed by atoms with E-state index in [0.29, 0.717) is 11.4 Å². The molecule has 0 unspecified atom stereocenters. The molecule has 0 amide bonds. The quantitative estimate of drug-likeness (QED) is 0.688. The standard InChI is InChI=1S/C13H10ClNO4/c1-18-10-5-3-2-4-8(10)9-6-7-11(12(14)15-9)19-13(16)17/h2-7H,1H3,(H,16,17). The third-order valence-electron chi connectivity index (χ3n) is 2.39. The summed E-state index contributed by atoms with van der Waals surface area (Å²) in [5.74, 6) is 0.644. The molecule has 0 radical (unpaired) electrons. The van der Waals surface area contributed by atoms with Gasteiger partial charge in [0, 0.05) is 5.56 Å². The molecule has 2 rings (SSSR count). The van der Waals surface area contributed by atoms with Gasteiger partial charge in [-0.05, 0) is 24.3 Å². The minimum Gasteiger partial charge on any atom is -0.496 e. The monoisotopic (exact) mass is 279 g/mol. The molecule has 1 aromatic heterocycles. The van der Waals surface area contributed by atoms with Crippen LogP contribution in [-0.4, -0.2) is 23.4 Å². The summed E-state index contributed by atoms with van der Waals surface area (Å²) >= 11 is 5.88. The molecule has 19 heavy (non-hydrogen) atoms. The first-order chi connectivity index (χ1) is 9.11. The van der Waals surface area contributed by atoms with Crippen molar-refractivity contribution in [1.29, 1.82) is 0 Å². The van der Waals surface area contributed by atoms with Crippen molar-refractivity contribution in [1.82, 2.24) is 4.98 Å². The Morgan fingerprint density at radius 1 is 1.21 bits per heavy atom. The molecule has 1 heterocycles. The maximum absolute atomic E-state index is 10.4. The molecular formula is C13H10ClNO4. The second-order valence-electron chi connectivity index (χ2n) is 3.55. The van der Waals surface area contributed by atoms with Crippen molar-refractivity contribution in [2.45, 2.75) is 0 Å². The number of pyridine rings is 1. The van der Waals surface area contributed by atoms with E-state index >= 15 is 0 Å². The predicted octanol–water partition coefficient (Wildman–Crippen LogP) is 3.47. The van der Waals surface area contributed by atoms with Crippen molar-refractivity contribution in [3.8, 4) is 22.8 Å². The Hall–Kier alpha value is -2.27. The Balaban J connectivity index is 2.41. The van der Waals surface area contributed by atoms with E-state index in [-0.39, 0.29) is 10.9 Å². The predicted molar refractivity (Wildman–Crippen MR) is 69.9 cm³/mol. The molecule has 1 aromatic carbocycles. The second-order valence-corrected chi connectivity index (χ2v) is 3.91. The highest BCUT2D eigenvalue weighted by molar-refractivity contribution is 6.31. The number of rotatable bonds is 3. The van der Waals surface area contributed by atoms with E-state index in [1.54, 1.807) is 19.2 Å². The molecule has 0 aliphatic rings. The molecule has 1 N–H and O–H groups in total. The maximum Gasteiger partial charge on any atom is 0.511 e. The minimum atomic E-state index is -1.44. The molecule has 0 atom stereocenters. The van der Waals surface area contributed by atoms with Crippen LogP contribution in [-0.2, 0) is 0 Å². The van der Waals surface area contributed by atoms with Crippen LogP contribution in [0.3, 0.4) is 0 Å². The van der Waals surface area contributed by atoms with Crippen LogP contribution in [0.15, 0.2) is 36.4 Å². The van der Waals surface area contributed by atoms with Gasteiger partial charge in [0.2, 0.25) is 0 Å². The highest BCUT2D eigenvalue weighted by Gasteiger charge is 2.12. The van der Waals surface area contributed by atoms with E-state index in [9.17, 15) is 4.79 Å². The lowest BCUT2D eigenvalue weighted by atomic mass is 10.1. The van der Waals surface area contributed by atoms with Crippen molar-refractivity contribution in [3.05, 3.63) is 41.6 Å². The third-order valence-corrected chi connectivity index (χ3v) is 2.67. The summed E-state index contributed by atoms with van der Waals surface area (Å²) in [6.45, 7) is 0. The summed E-state index contributed by atoms with van der Waals surface area (Å²) in [7, 11) is 1.56. The van der Waals surface area contributed by atoms with Crippen molar-refractivity contribution >= 4 is 17.8 Å². The van der Waals surface area contributed by atoms with Crippen LogP contribution in [0.25, 0.3) is 11.3 Å². The minimum absolute atomic E-state index is 0.00665. The van der Waals surface area contributed by atoms with Gasteiger partial charge < -0.3 is 14.6 Å². The van der Waals surface area contributed by atoms with Crippen LogP contribution < -0.4 is 9.47 Å². The first-order valence-electron chi connectivity index (χ1n) is 5.32. The van der Waals surface area contributed by atoms with E-state index in [0.717, 1.165) is 5.56 Å². The molecule has 0 fully saturated rings. The number of hydrogen-bond acceptors (Lipinski definition) is 4. The van der Waals surface area contributed by atoms with Crippen LogP contribution in [0.5, 0.6) is 11.5 Å². The van der Waals surface area contributed by atoms with E-state index in [1.807, 2.05) is 18.2 Å². The van der Waals surface area contributed by atoms with Crippen molar-refractivity contribution in [2.75, 3.05) is 7.11 Å². The molecule has 98 valence electrons. The number of hydrogen-bond donors (Lipinski definition) is 1. The lowest BCUT2D eigenvalue weighted by Gasteiger charge is -2.09. The smallest absolute Gasteiger partial charge is 0.496 e. The number of halogens is 1. The van der Waals surface area contributed by atoms with E-state index in [2.05, 4.69) is 9.72 Å². The Kier molecular flexibility index (Phi) is 3.87. The third kappa shape index (κ3) is 2.95. The van der Waals surface area contributed by atoms with Crippen molar-refractivity contribution in [3.63, 3.8) is 0 Å². The van der Waals surface area contributed by atoms with Gasteiger partial charge in [-0.1, -0.05) is 23.7 Å². The number of ether oxygens (including phenoxy) is 2. The molecule has 0 saturated carbocycles. The van der Waals surface area contributed by atoms with Crippen LogP contribution in [0.1, 0.15) is 0 Å². The van der Waals surface area contributed by atoms with Gasteiger partial charge in [-0.15, -0.1) is 0 Å². The summed E-state index contributed by atoms with van der Waals surface area (Å²) in [6.07, 6.45) is -1.44. The molecule has 6 heteroatoms. The highest BCUT2D eigenvalue weighted by Crippen LogP contribution is 2.31. The highest BCUT2D eigenvalue weighted by atomic mass is 35.5. The van der Waals surface area contributed by atoms with Crippen molar-refractivity contribution < 1.29 is 19.4 Å². The maximum atomic E-state index is 10.4. The zero-order valence-corrected chi connectivity index (χ0v) is 10.7. The second kappa shape index (κ2) is 5.58. The molecule has 5 nitrogen and oxygen atoms in total. The fraction of sp³-hybridized carbons (Fsp3) is 0.0769. The lowest BCUT2D eigenvalue weighted by molar-refractivity contribution is 0.144. The summed E-state index contributed by atoms with van der Waals surface area (Å²) in [5, 5.41) is 8.51. The lowest BCUT2D eigenvalue weighted by Crippen LogP contribution is -2.04. The summed E-state index contributed by atoms with van der Waals surface area (Å²) in [5.41, 5.74) is 1.33. The average Bonchev–Trinajstić information content (AvgIpc) is 2.40. The first-order valence-corrected chi connectivity index (χ1v) is 5.70. The molecule has 0 saturated heterocycles. The molecule has 0 aliphatic carbocycles. The summed E-state index contributed by atoms with van der Waals surface area (Å²) in [4.78, 5) is 14.5. The number of benzene rings is 1. The summed E-state index contributed by atoms with van der Waals surface area (Å²) < 4.78 is 9.71. The van der Waals surface area contributed by atoms with E-state index in [1.165, 1.54) is 6.07 Å². The number of carbonyl (C=O) groups is 1. The van der Waals surface area contributed by atoms with Crippen LogP contribution >= 0.6 is 11.6 Å². The number of carboxylic acid groups (broad SMARTS) is 1. The SMILES string of the molecule is COc1ccccc1-c1ccc(OC(=O)O)c(Cl)n1. The topological polar surface area (TPSA) is 68.7 Å². The number of para-hydroxylation sites is 1. The van der Waals surface area contributed by atoms with Crippen LogP contribution in [0.4, 0.5) is 4.79 Å². The van der Waals surface area contributed by atoms with Gasteiger partial charge >= 0.3 is 6.16 Å². The molecular weight excluding hydrogens is 270 g/mol. The Morgan fingerprint density at radius 3 is 2.58 bits per heavy atom.